The third-order valence-corrected chi connectivity index (χ3v) is 6.04. The maximum absolute atomic E-state index is 12.7. The highest BCUT2D eigenvalue weighted by atomic mass is 35.5. The molecule has 2 aromatic carbocycles. The Morgan fingerprint density at radius 3 is 2.45 bits per heavy atom. The number of hydrogen-bond acceptors (Lipinski definition) is 4. The molecule has 1 aliphatic heterocycles. The Kier molecular flexibility index (Phi) is 7.44. The van der Waals surface area contributed by atoms with Crippen molar-refractivity contribution in [2.75, 3.05) is 26.8 Å². The molecule has 0 aromatic heterocycles. The van der Waals surface area contributed by atoms with Crippen molar-refractivity contribution in [3.63, 3.8) is 0 Å². The van der Waals surface area contributed by atoms with Crippen LogP contribution in [0.25, 0.3) is 0 Å². The molecular formula is C24H29ClN2O4. The van der Waals surface area contributed by atoms with Crippen LogP contribution in [0.3, 0.4) is 0 Å². The predicted molar refractivity (Wildman–Crippen MR) is 121 cm³/mol. The average Bonchev–Trinajstić information content (AvgIpc) is 2.76. The third-order valence-electron chi connectivity index (χ3n) is 5.80. The van der Waals surface area contributed by atoms with Crippen LogP contribution in [0, 0.1) is 20.8 Å². The van der Waals surface area contributed by atoms with Gasteiger partial charge in [-0.05, 0) is 68.5 Å². The van der Waals surface area contributed by atoms with Gasteiger partial charge < -0.3 is 19.7 Å². The lowest BCUT2D eigenvalue weighted by Crippen LogP contribution is -2.47. The molecule has 2 amide bonds. The summed E-state index contributed by atoms with van der Waals surface area (Å²) in [5, 5.41) is 3.51. The molecular weight excluding hydrogens is 416 g/mol. The number of amides is 2. The normalized spacial score (nSPS) is 14.3. The zero-order valence-corrected chi connectivity index (χ0v) is 19.2. The number of carbonyl (C=O) groups is 2. The molecule has 0 atom stereocenters. The van der Waals surface area contributed by atoms with Crippen LogP contribution in [0.15, 0.2) is 30.3 Å². The fraction of sp³-hybridized carbons (Fsp3) is 0.417. The van der Waals surface area contributed by atoms with Crippen molar-refractivity contribution < 1.29 is 19.1 Å². The Morgan fingerprint density at radius 2 is 1.77 bits per heavy atom. The summed E-state index contributed by atoms with van der Waals surface area (Å²) in [6.07, 6.45) is 1.37. The van der Waals surface area contributed by atoms with Crippen LogP contribution in [0.4, 0.5) is 0 Å². The maximum Gasteiger partial charge on any atom is 0.260 e. The lowest BCUT2D eigenvalue weighted by molar-refractivity contribution is -0.134. The summed E-state index contributed by atoms with van der Waals surface area (Å²) in [4.78, 5) is 27.1. The van der Waals surface area contributed by atoms with E-state index in [1.807, 2.05) is 26.8 Å². The van der Waals surface area contributed by atoms with Gasteiger partial charge in [-0.1, -0.05) is 23.7 Å². The highest BCUT2D eigenvalue weighted by molar-refractivity contribution is 6.31. The number of likely N-dealkylation sites (tertiary alicyclic amines) is 1. The Bertz CT molecular complexity index is 968. The number of halogens is 1. The molecule has 1 saturated heterocycles. The molecule has 0 bridgehead atoms. The maximum atomic E-state index is 12.7. The fourth-order valence-corrected chi connectivity index (χ4v) is 3.94. The van der Waals surface area contributed by atoms with Crippen LogP contribution in [-0.2, 0) is 4.79 Å². The number of benzene rings is 2. The molecule has 1 heterocycles. The van der Waals surface area contributed by atoms with Gasteiger partial charge in [-0.3, -0.25) is 9.59 Å². The van der Waals surface area contributed by atoms with E-state index in [0.717, 1.165) is 22.4 Å². The van der Waals surface area contributed by atoms with Crippen LogP contribution >= 0.6 is 11.6 Å². The van der Waals surface area contributed by atoms with E-state index in [2.05, 4.69) is 11.4 Å². The summed E-state index contributed by atoms with van der Waals surface area (Å²) in [5.74, 6) is 0.999. The van der Waals surface area contributed by atoms with Gasteiger partial charge >= 0.3 is 0 Å². The summed E-state index contributed by atoms with van der Waals surface area (Å²) >= 11 is 6.03. The predicted octanol–water partition coefficient (Wildman–Crippen LogP) is 4.07. The van der Waals surface area contributed by atoms with Crippen molar-refractivity contribution >= 4 is 23.4 Å². The molecule has 2 aromatic rings. The van der Waals surface area contributed by atoms with Gasteiger partial charge in [0.1, 0.15) is 11.5 Å². The van der Waals surface area contributed by atoms with Crippen molar-refractivity contribution in [1.82, 2.24) is 10.2 Å². The molecule has 3 rings (SSSR count). The van der Waals surface area contributed by atoms with E-state index in [4.69, 9.17) is 21.1 Å². The van der Waals surface area contributed by atoms with E-state index in [9.17, 15) is 9.59 Å². The van der Waals surface area contributed by atoms with E-state index in [1.165, 1.54) is 7.11 Å². The Labute approximate surface area is 188 Å². The van der Waals surface area contributed by atoms with E-state index in [0.29, 0.717) is 42.3 Å². The molecule has 31 heavy (non-hydrogen) atoms. The van der Waals surface area contributed by atoms with Crippen molar-refractivity contribution in [2.45, 2.75) is 39.7 Å². The monoisotopic (exact) mass is 444 g/mol. The first-order valence-corrected chi connectivity index (χ1v) is 10.8. The number of carbonyl (C=O) groups excluding carboxylic acids is 2. The van der Waals surface area contributed by atoms with E-state index < -0.39 is 0 Å². The van der Waals surface area contributed by atoms with Crippen LogP contribution in [-0.4, -0.2) is 49.6 Å². The lowest BCUT2D eigenvalue weighted by Gasteiger charge is -2.32. The first kappa shape index (κ1) is 22.9. The number of piperidine rings is 1. The largest absolute Gasteiger partial charge is 0.496 e. The van der Waals surface area contributed by atoms with Crippen molar-refractivity contribution in [3.05, 3.63) is 57.6 Å². The number of rotatable bonds is 6. The SMILES string of the molecule is COc1ccc(Cl)cc1C(=O)NC1CCN(C(=O)COc2c(C)ccc(C)c2C)CC1. The Balaban J connectivity index is 1.52. The zero-order chi connectivity index (χ0) is 22.5. The van der Waals surface area contributed by atoms with Gasteiger partial charge in [-0.15, -0.1) is 0 Å². The van der Waals surface area contributed by atoms with Gasteiger partial charge in [-0.25, -0.2) is 0 Å². The van der Waals surface area contributed by atoms with Gasteiger partial charge in [0.15, 0.2) is 6.61 Å². The minimum Gasteiger partial charge on any atom is -0.496 e. The summed E-state index contributed by atoms with van der Waals surface area (Å²) in [5.41, 5.74) is 3.63. The number of aryl methyl sites for hydroxylation is 2. The van der Waals surface area contributed by atoms with Crippen LogP contribution in [0.2, 0.25) is 5.02 Å². The first-order chi connectivity index (χ1) is 14.8. The smallest absolute Gasteiger partial charge is 0.260 e. The van der Waals surface area contributed by atoms with E-state index >= 15 is 0 Å². The van der Waals surface area contributed by atoms with Crippen molar-refractivity contribution in [3.8, 4) is 11.5 Å². The topological polar surface area (TPSA) is 67.9 Å². The van der Waals surface area contributed by atoms with Gasteiger partial charge in [-0.2, -0.15) is 0 Å². The molecule has 0 unspecified atom stereocenters. The van der Waals surface area contributed by atoms with Crippen LogP contribution in [0.5, 0.6) is 11.5 Å². The highest BCUT2D eigenvalue weighted by Gasteiger charge is 2.25. The second-order valence-corrected chi connectivity index (χ2v) is 8.35. The molecule has 1 aliphatic rings. The number of nitrogens with one attached hydrogen (secondary N) is 1. The third kappa shape index (κ3) is 5.50. The van der Waals surface area contributed by atoms with Gasteiger partial charge in [0.2, 0.25) is 0 Å². The second kappa shape index (κ2) is 10.1. The minimum absolute atomic E-state index is 0.0117. The summed E-state index contributed by atoms with van der Waals surface area (Å²) in [6, 6.07) is 9.01. The molecule has 7 heteroatoms. The molecule has 1 N–H and O–H groups in total. The highest BCUT2D eigenvalue weighted by Crippen LogP contribution is 2.26. The van der Waals surface area contributed by atoms with Crippen molar-refractivity contribution in [2.24, 2.45) is 0 Å². The first-order valence-electron chi connectivity index (χ1n) is 10.4. The number of nitrogens with zero attached hydrogens (tertiary/aromatic N) is 1. The molecule has 6 nitrogen and oxygen atoms in total. The Morgan fingerprint density at radius 1 is 1.10 bits per heavy atom. The van der Waals surface area contributed by atoms with Crippen molar-refractivity contribution in [1.29, 1.82) is 0 Å². The minimum atomic E-state index is -0.224. The Hall–Kier alpha value is -2.73. The lowest BCUT2D eigenvalue weighted by atomic mass is 10.0. The molecule has 0 saturated carbocycles. The standard InChI is InChI=1S/C24H29ClN2O4/c1-15-5-6-16(2)23(17(15)3)31-14-22(28)27-11-9-19(10-12-27)26-24(29)20-13-18(25)7-8-21(20)30-4/h5-8,13,19H,9-12,14H2,1-4H3,(H,26,29). The molecule has 0 radical (unpaired) electrons. The number of ether oxygens (including phenoxy) is 2. The molecule has 1 fully saturated rings. The summed E-state index contributed by atoms with van der Waals surface area (Å²) < 4.78 is 11.1. The number of hydrogen-bond donors (Lipinski definition) is 1. The summed E-state index contributed by atoms with van der Waals surface area (Å²) in [6.45, 7) is 7.18. The van der Waals surface area contributed by atoms with Gasteiger partial charge in [0, 0.05) is 24.2 Å². The van der Waals surface area contributed by atoms with Crippen LogP contribution < -0.4 is 14.8 Å². The van der Waals surface area contributed by atoms with E-state index in [-0.39, 0.29) is 24.5 Å². The summed E-state index contributed by atoms with van der Waals surface area (Å²) in [7, 11) is 1.52. The zero-order valence-electron chi connectivity index (χ0n) is 18.5. The fourth-order valence-electron chi connectivity index (χ4n) is 3.77. The van der Waals surface area contributed by atoms with Gasteiger partial charge in [0.25, 0.3) is 11.8 Å². The average molecular weight is 445 g/mol. The molecule has 0 spiro atoms. The number of methoxy groups -OCH3 is 1. The quantitative estimate of drug-likeness (QED) is 0.729. The second-order valence-electron chi connectivity index (χ2n) is 7.92. The molecule has 0 aliphatic carbocycles. The molecule has 166 valence electrons. The van der Waals surface area contributed by atoms with E-state index in [1.54, 1.807) is 23.1 Å². The van der Waals surface area contributed by atoms with Crippen LogP contribution in [0.1, 0.15) is 39.9 Å². The van der Waals surface area contributed by atoms with Gasteiger partial charge in [0.05, 0.1) is 12.7 Å².